The molecular weight excluding hydrogens is 350 g/mol. The summed E-state index contributed by atoms with van der Waals surface area (Å²) in [4.78, 5) is 1.46. The normalized spacial score (nSPS) is 14.7. The summed E-state index contributed by atoms with van der Waals surface area (Å²) < 4.78 is 28.1. The number of benzene rings is 1. The summed E-state index contributed by atoms with van der Waals surface area (Å²) >= 11 is 7.37. The predicted molar refractivity (Wildman–Crippen MR) is 97.1 cm³/mol. The first-order valence-electron chi connectivity index (χ1n) is 7.53. The van der Waals surface area contributed by atoms with Crippen molar-refractivity contribution in [3.8, 4) is 0 Å². The van der Waals surface area contributed by atoms with Gasteiger partial charge in [-0.15, -0.1) is 11.3 Å². The fourth-order valence-electron chi connectivity index (χ4n) is 2.75. The van der Waals surface area contributed by atoms with Crippen molar-refractivity contribution in [2.24, 2.45) is 0 Å². The fourth-order valence-corrected chi connectivity index (χ4v) is 5.55. The van der Waals surface area contributed by atoms with E-state index in [1.807, 2.05) is 37.3 Å². The number of sulfonamides is 1. The van der Waals surface area contributed by atoms with Crippen LogP contribution in [0.25, 0.3) is 6.08 Å². The third-order valence-corrected chi connectivity index (χ3v) is 7.26. The number of rotatable bonds is 5. The lowest BCUT2D eigenvalue weighted by Crippen LogP contribution is -2.31. The van der Waals surface area contributed by atoms with Crippen LogP contribution >= 0.6 is 22.9 Å². The smallest absolute Gasteiger partial charge is 0.207 e. The van der Waals surface area contributed by atoms with Crippen LogP contribution in [0.4, 0.5) is 0 Å². The number of fused-ring (bicyclic) bond motifs is 1. The van der Waals surface area contributed by atoms with E-state index in [4.69, 9.17) is 11.6 Å². The number of allylic oxidation sites excluding steroid dienone is 1. The van der Waals surface area contributed by atoms with Gasteiger partial charge in [-0.2, -0.15) is 4.31 Å². The Morgan fingerprint density at radius 3 is 2.65 bits per heavy atom. The molecule has 2 aromatic rings. The summed E-state index contributed by atoms with van der Waals surface area (Å²) in [6, 6.07) is 11.6. The molecule has 6 heteroatoms. The van der Waals surface area contributed by atoms with Crippen LogP contribution in [0.5, 0.6) is 0 Å². The Balaban J connectivity index is 1.89. The third-order valence-electron chi connectivity index (χ3n) is 4.00. The van der Waals surface area contributed by atoms with Crippen LogP contribution in [0.1, 0.15) is 29.3 Å². The Morgan fingerprint density at radius 2 is 1.96 bits per heavy atom. The third kappa shape index (κ3) is 3.53. The maximum atomic E-state index is 13.0. The van der Waals surface area contributed by atoms with E-state index in [0.717, 1.165) is 16.9 Å². The number of hydrogen-bond acceptors (Lipinski definition) is 3. The average Bonchev–Trinajstić information content (AvgIpc) is 2.97. The minimum atomic E-state index is -3.45. The molecule has 0 fully saturated rings. The fraction of sp³-hybridized carbons (Fsp3) is 0.294. The zero-order chi connectivity index (χ0) is 16.4. The number of thiophene rings is 1. The van der Waals surface area contributed by atoms with E-state index >= 15 is 0 Å². The lowest BCUT2D eigenvalue weighted by Gasteiger charge is -2.24. The highest BCUT2D eigenvalue weighted by atomic mass is 35.5. The molecule has 0 saturated carbocycles. The monoisotopic (exact) mass is 367 g/mol. The molecule has 0 bridgehead atoms. The van der Waals surface area contributed by atoms with Crippen LogP contribution in [0.2, 0.25) is 4.34 Å². The molecule has 0 saturated heterocycles. The van der Waals surface area contributed by atoms with Gasteiger partial charge in [0.15, 0.2) is 0 Å². The highest BCUT2D eigenvalue weighted by Gasteiger charge is 2.28. The minimum Gasteiger partial charge on any atom is -0.207 e. The molecule has 1 aromatic heterocycles. The van der Waals surface area contributed by atoms with Crippen molar-refractivity contribution in [1.29, 1.82) is 0 Å². The zero-order valence-electron chi connectivity index (χ0n) is 12.8. The SMILES string of the molecule is CCN(Cc1ccc(Cl)s1)S(=O)(=O)C1=Cc2ccccc2CC1. The van der Waals surface area contributed by atoms with Crippen molar-refractivity contribution in [2.75, 3.05) is 6.54 Å². The second kappa shape index (κ2) is 6.77. The van der Waals surface area contributed by atoms with Crippen LogP contribution in [0.3, 0.4) is 0 Å². The van der Waals surface area contributed by atoms with Gasteiger partial charge in [0.1, 0.15) is 0 Å². The van der Waals surface area contributed by atoms with Crippen molar-refractivity contribution < 1.29 is 8.42 Å². The van der Waals surface area contributed by atoms with Crippen LogP contribution in [0.15, 0.2) is 41.3 Å². The number of hydrogen-bond donors (Lipinski definition) is 0. The van der Waals surface area contributed by atoms with E-state index in [0.29, 0.717) is 28.8 Å². The summed E-state index contributed by atoms with van der Waals surface area (Å²) in [5.41, 5.74) is 2.21. The summed E-state index contributed by atoms with van der Waals surface area (Å²) in [7, 11) is -3.45. The molecule has 1 aliphatic rings. The average molecular weight is 368 g/mol. The Bertz CT molecular complexity index is 840. The summed E-state index contributed by atoms with van der Waals surface area (Å²) in [6.45, 7) is 2.68. The Kier molecular flexibility index (Phi) is 4.92. The van der Waals surface area contributed by atoms with E-state index in [2.05, 4.69) is 6.07 Å². The van der Waals surface area contributed by atoms with Gasteiger partial charge >= 0.3 is 0 Å². The molecule has 3 nitrogen and oxygen atoms in total. The van der Waals surface area contributed by atoms with Crippen molar-refractivity contribution >= 4 is 39.0 Å². The van der Waals surface area contributed by atoms with Crippen LogP contribution < -0.4 is 0 Å². The molecule has 1 aliphatic carbocycles. The van der Waals surface area contributed by atoms with Gasteiger partial charge in [0.25, 0.3) is 0 Å². The van der Waals surface area contributed by atoms with Gasteiger partial charge in [-0.25, -0.2) is 8.42 Å². The molecule has 1 aromatic carbocycles. The highest BCUT2D eigenvalue weighted by molar-refractivity contribution is 7.93. The highest BCUT2D eigenvalue weighted by Crippen LogP contribution is 2.30. The number of aryl methyl sites for hydroxylation is 1. The molecule has 3 rings (SSSR count). The van der Waals surface area contributed by atoms with Gasteiger partial charge in [-0.3, -0.25) is 0 Å². The number of halogens is 1. The molecule has 23 heavy (non-hydrogen) atoms. The quantitative estimate of drug-likeness (QED) is 0.777. The summed E-state index contributed by atoms with van der Waals surface area (Å²) in [5, 5.41) is 0. The molecule has 0 aliphatic heterocycles. The van der Waals surface area contributed by atoms with E-state index in [1.54, 1.807) is 6.07 Å². The largest absolute Gasteiger partial charge is 0.239 e. The molecular formula is C17H18ClNO2S2. The molecule has 0 spiro atoms. The maximum Gasteiger partial charge on any atom is 0.239 e. The van der Waals surface area contributed by atoms with E-state index < -0.39 is 10.0 Å². The topological polar surface area (TPSA) is 37.4 Å². The van der Waals surface area contributed by atoms with Crippen LogP contribution in [0, 0.1) is 0 Å². The second-order valence-electron chi connectivity index (χ2n) is 5.45. The summed E-state index contributed by atoms with van der Waals surface area (Å²) in [5.74, 6) is 0. The van der Waals surface area contributed by atoms with Gasteiger partial charge < -0.3 is 0 Å². The lowest BCUT2D eigenvalue weighted by molar-refractivity contribution is 0.430. The van der Waals surface area contributed by atoms with Gasteiger partial charge in [0.05, 0.1) is 9.24 Å². The molecule has 0 amide bonds. The van der Waals surface area contributed by atoms with E-state index in [1.165, 1.54) is 21.2 Å². The van der Waals surface area contributed by atoms with E-state index in [9.17, 15) is 8.42 Å². The van der Waals surface area contributed by atoms with Gasteiger partial charge in [0.2, 0.25) is 10.0 Å². The van der Waals surface area contributed by atoms with Crippen molar-refractivity contribution in [1.82, 2.24) is 4.31 Å². The first-order chi connectivity index (χ1) is 11.0. The molecule has 0 radical (unpaired) electrons. The van der Waals surface area contributed by atoms with E-state index in [-0.39, 0.29) is 0 Å². The summed E-state index contributed by atoms with van der Waals surface area (Å²) in [6.07, 6.45) is 3.14. The standard InChI is InChI=1S/C17H18ClNO2S2/c1-2-19(12-15-8-10-17(18)22-15)23(20,21)16-9-7-13-5-3-4-6-14(13)11-16/h3-6,8,10-11H,2,7,9,12H2,1H3. The molecule has 0 unspecified atom stereocenters. The van der Waals surface area contributed by atoms with Gasteiger partial charge in [0, 0.05) is 18.0 Å². The minimum absolute atomic E-state index is 0.370. The van der Waals surface area contributed by atoms with Crippen LogP contribution in [-0.4, -0.2) is 19.3 Å². The van der Waals surface area contributed by atoms with Crippen molar-refractivity contribution in [3.05, 3.63) is 61.6 Å². The lowest BCUT2D eigenvalue weighted by atomic mass is 9.98. The van der Waals surface area contributed by atoms with Crippen molar-refractivity contribution in [2.45, 2.75) is 26.3 Å². The first-order valence-corrected chi connectivity index (χ1v) is 10.2. The maximum absolute atomic E-state index is 13.0. The second-order valence-corrected chi connectivity index (χ2v) is 9.24. The van der Waals surface area contributed by atoms with Gasteiger partial charge in [-0.05, 0) is 42.2 Å². The zero-order valence-corrected chi connectivity index (χ0v) is 15.2. The molecule has 0 atom stereocenters. The Labute approximate surface area is 146 Å². The van der Waals surface area contributed by atoms with Gasteiger partial charge in [-0.1, -0.05) is 42.8 Å². The Hall–Kier alpha value is -1.14. The molecule has 122 valence electrons. The van der Waals surface area contributed by atoms with Crippen molar-refractivity contribution in [3.63, 3.8) is 0 Å². The number of nitrogens with zero attached hydrogens (tertiary/aromatic N) is 1. The Morgan fingerprint density at radius 1 is 1.17 bits per heavy atom. The molecule has 1 heterocycles. The predicted octanol–water partition coefficient (Wildman–Crippen LogP) is 4.54. The first kappa shape index (κ1) is 16.7. The van der Waals surface area contributed by atoms with Crippen LogP contribution in [-0.2, 0) is 23.0 Å². The molecule has 0 N–H and O–H groups in total.